The number of nitriles is 1. The maximum Gasteiger partial charge on any atom is 0.254 e. The van der Waals surface area contributed by atoms with Gasteiger partial charge in [0.1, 0.15) is 11.9 Å². The zero-order chi connectivity index (χ0) is 18.8. The highest BCUT2D eigenvalue weighted by Gasteiger charge is 2.26. The Hall–Kier alpha value is -2.59. The first-order valence-corrected chi connectivity index (χ1v) is 8.89. The topological polar surface area (TPSA) is 86.8 Å². The summed E-state index contributed by atoms with van der Waals surface area (Å²) in [6.45, 7) is 5.08. The van der Waals surface area contributed by atoms with E-state index < -0.39 is 0 Å². The summed E-state index contributed by atoms with van der Waals surface area (Å²) >= 11 is 6.24. The van der Waals surface area contributed by atoms with Crippen molar-refractivity contribution in [2.45, 2.75) is 32.7 Å². The molecule has 3 heterocycles. The molecule has 0 spiro atoms. The predicted octanol–water partition coefficient (Wildman–Crippen LogP) is 2.36. The number of aryl methyl sites for hydroxylation is 2. The molecule has 1 fully saturated rings. The van der Waals surface area contributed by atoms with Crippen LogP contribution in [0.1, 0.15) is 40.0 Å². The van der Waals surface area contributed by atoms with Gasteiger partial charge in [-0.2, -0.15) is 10.4 Å². The highest BCUT2D eigenvalue weighted by atomic mass is 35.5. The van der Waals surface area contributed by atoms with E-state index in [0.29, 0.717) is 34.2 Å². The minimum absolute atomic E-state index is 0.0129. The average molecular weight is 373 g/mol. The predicted molar refractivity (Wildman–Crippen MR) is 99.3 cm³/mol. The molecule has 1 N–H and O–H groups in total. The van der Waals surface area contributed by atoms with Crippen LogP contribution in [0.2, 0.25) is 5.02 Å². The molecule has 2 aromatic heterocycles. The van der Waals surface area contributed by atoms with Gasteiger partial charge in [-0.1, -0.05) is 11.6 Å². The Labute approximate surface area is 157 Å². The molecule has 0 radical (unpaired) electrons. The Balaban J connectivity index is 1.79. The lowest BCUT2D eigenvalue weighted by Crippen LogP contribution is -2.48. The van der Waals surface area contributed by atoms with Crippen LogP contribution < -0.4 is 10.2 Å². The van der Waals surface area contributed by atoms with E-state index in [-0.39, 0.29) is 11.9 Å². The molecular formula is C18H21ClN6O. The number of rotatable bonds is 3. The first-order valence-electron chi connectivity index (χ1n) is 8.52. The number of anilines is 1. The minimum Gasteiger partial charge on any atom is -0.353 e. The Morgan fingerprint density at radius 1 is 1.46 bits per heavy atom. The molecule has 0 saturated carbocycles. The second-order valence-corrected chi connectivity index (χ2v) is 6.99. The van der Waals surface area contributed by atoms with Crippen LogP contribution in [-0.2, 0) is 7.05 Å². The Morgan fingerprint density at radius 2 is 2.23 bits per heavy atom. The maximum atomic E-state index is 12.4. The van der Waals surface area contributed by atoms with Gasteiger partial charge in [0.25, 0.3) is 5.91 Å². The van der Waals surface area contributed by atoms with Crippen LogP contribution in [0.5, 0.6) is 0 Å². The normalized spacial score (nSPS) is 17.0. The van der Waals surface area contributed by atoms with Gasteiger partial charge in [-0.15, -0.1) is 0 Å². The van der Waals surface area contributed by atoms with E-state index >= 15 is 0 Å². The molecule has 1 aliphatic heterocycles. The van der Waals surface area contributed by atoms with Crippen LogP contribution >= 0.6 is 11.6 Å². The van der Waals surface area contributed by atoms with Gasteiger partial charge in [-0.05, 0) is 32.3 Å². The first kappa shape index (κ1) is 18.2. The lowest BCUT2D eigenvalue weighted by Gasteiger charge is -2.34. The molecule has 136 valence electrons. The molecular weight excluding hydrogens is 352 g/mol. The Bertz CT molecular complexity index is 885. The fourth-order valence-electron chi connectivity index (χ4n) is 3.27. The van der Waals surface area contributed by atoms with Crippen molar-refractivity contribution in [1.29, 1.82) is 5.26 Å². The van der Waals surface area contributed by atoms with Crippen molar-refractivity contribution >= 4 is 23.3 Å². The van der Waals surface area contributed by atoms with E-state index in [1.165, 1.54) is 0 Å². The van der Waals surface area contributed by atoms with Crippen LogP contribution in [0, 0.1) is 25.2 Å². The number of carbonyl (C=O) groups is 1. The summed E-state index contributed by atoms with van der Waals surface area (Å²) in [6, 6.07) is 2.21. The van der Waals surface area contributed by atoms with E-state index in [2.05, 4.69) is 26.4 Å². The molecule has 1 atom stereocenters. The highest BCUT2D eigenvalue weighted by molar-refractivity contribution is 6.32. The molecule has 2 aromatic rings. The lowest BCUT2D eigenvalue weighted by molar-refractivity contribution is 0.0933. The van der Waals surface area contributed by atoms with Crippen LogP contribution in [0.25, 0.3) is 0 Å². The lowest BCUT2D eigenvalue weighted by atomic mass is 10.0. The van der Waals surface area contributed by atoms with Gasteiger partial charge in [0.15, 0.2) is 0 Å². The standard InChI is InChI=1S/C18H21ClN6O/c1-11-15(7-20)17(22-12(2)16(11)19)25-6-4-5-14(10-25)23-18(26)13-8-21-24(3)9-13/h8-9,14H,4-6,10H2,1-3H3,(H,23,26). The largest absolute Gasteiger partial charge is 0.353 e. The van der Waals surface area contributed by atoms with E-state index in [9.17, 15) is 10.1 Å². The third-order valence-electron chi connectivity index (χ3n) is 4.65. The van der Waals surface area contributed by atoms with Crippen LogP contribution in [-0.4, -0.2) is 39.8 Å². The summed E-state index contributed by atoms with van der Waals surface area (Å²) in [5, 5.41) is 17.2. The van der Waals surface area contributed by atoms with Crippen molar-refractivity contribution in [3.8, 4) is 6.07 Å². The van der Waals surface area contributed by atoms with Gasteiger partial charge in [0.2, 0.25) is 0 Å². The van der Waals surface area contributed by atoms with Gasteiger partial charge in [-0.3, -0.25) is 9.48 Å². The molecule has 26 heavy (non-hydrogen) atoms. The molecule has 7 nitrogen and oxygen atoms in total. The average Bonchev–Trinajstić information content (AvgIpc) is 3.06. The summed E-state index contributed by atoms with van der Waals surface area (Å²) in [5.74, 6) is 0.508. The van der Waals surface area contributed by atoms with Crippen LogP contribution in [0.15, 0.2) is 12.4 Å². The number of nitrogens with one attached hydrogen (secondary N) is 1. The summed E-state index contributed by atoms with van der Waals surface area (Å²) in [6.07, 6.45) is 5.04. The number of halogens is 1. The summed E-state index contributed by atoms with van der Waals surface area (Å²) < 4.78 is 1.60. The number of aromatic nitrogens is 3. The third kappa shape index (κ3) is 3.51. The molecule has 8 heteroatoms. The molecule has 3 rings (SSSR count). The van der Waals surface area contributed by atoms with Crippen LogP contribution in [0.3, 0.4) is 0 Å². The number of amides is 1. The fourth-order valence-corrected chi connectivity index (χ4v) is 3.41. The van der Waals surface area contributed by atoms with Crippen molar-refractivity contribution < 1.29 is 4.79 Å². The van der Waals surface area contributed by atoms with E-state index in [1.54, 1.807) is 24.1 Å². The van der Waals surface area contributed by atoms with Gasteiger partial charge < -0.3 is 10.2 Å². The number of piperidine rings is 1. The monoisotopic (exact) mass is 372 g/mol. The Kier molecular flexibility index (Phi) is 5.14. The fraction of sp³-hybridized carbons (Fsp3) is 0.444. The molecule has 1 saturated heterocycles. The molecule has 1 aliphatic rings. The molecule has 0 bridgehead atoms. The number of pyridine rings is 1. The van der Waals surface area contributed by atoms with Gasteiger partial charge in [-0.25, -0.2) is 4.98 Å². The quantitative estimate of drug-likeness (QED) is 0.893. The maximum absolute atomic E-state index is 12.4. The SMILES string of the molecule is Cc1nc(N2CCCC(NC(=O)c3cnn(C)c3)C2)c(C#N)c(C)c1Cl. The highest BCUT2D eigenvalue weighted by Crippen LogP contribution is 2.30. The van der Waals surface area contributed by atoms with Crippen molar-refractivity contribution in [2.24, 2.45) is 7.05 Å². The third-order valence-corrected chi connectivity index (χ3v) is 5.21. The summed E-state index contributed by atoms with van der Waals surface area (Å²) in [4.78, 5) is 19.0. The molecule has 1 amide bonds. The van der Waals surface area contributed by atoms with E-state index in [4.69, 9.17) is 11.6 Å². The van der Waals surface area contributed by atoms with Gasteiger partial charge in [0, 0.05) is 32.4 Å². The van der Waals surface area contributed by atoms with Crippen molar-refractivity contribution in [2.75, 3.05) is 18.0 Å². The smallest absolute Gasteiger partial charge is 0.254 e. The first-order chi connectivity index (χ1) is 12.4. The molecule has 0 aliphatic carbocycles. The zero-order valence-corrected chi connectivity index (χ0v) is 15.8. The van der Waals surface area contributed by atoms with Crippen molar-refractivity contribution in [1.82, 2.24) is 20.1 Å². The molecule has 0 aromatic carbocycles. The van der Waals surface area contributed by atoms with Gasteiger partial charge >= 0.3 is 0 Å². The second kappa shape index (κ2) is 7.34. The van der Waals surface area contributed by atoms with Crippen molar-refractivity contribution in [3.63, 3.8) is 0 Å². The minimum atomic E-state index is -0.137. The van der Waals surface area contributed by atoms with E-state index in [1.807, 2.05) is 13.8 Å². The molecule has 1 unspecified atom stereocenters. The number of hydrogen-bond acceptors (Lipinski definition) is 5. The van der Waals surface area contributed by atoms with Gasteiger partial charge in [0.05, 0.1) is 28.0 Å². The number of carbonyl (C=O) groups excluding carboxylic acids is 1. The summed E-state index contributed by atoms with van der Waals surface area (Å²) in [7, 11) is 1.78. The summed E-state index contributed by atoms with van der Waals surface area (Å²) in [5.41, 5.74) is 2.50. The van der Waals surface area contributed by atoms with E-state index in [0.717, 1.165) is 24.9 Å². The number of nitrogens with zero attached hydrogens (tertiary/aromatic N) is 5. The second-order valence-electron chi connectivity index (χ2n) is 6.61. The number of hydrogen-bond donors (Lipinski definition) is 1. The Morgan fingerprint density at radius 3 is 2.88 bits per heavy atom. The van der Waals surface area contributed by atoms with Crippen molar-refractivity contribution in [3.05, 3.63) is 39.8 Å². The van der Waals surface area contributed by atoms with Crippen LogP contribution in [0.4, 0.5) is 5.82 Å². The zero-order valence-electron chi connectivity index (χ0n) is 15.1.